The third-order valence-corrected chi connectivity index (χ3v) is 5.41. The van der Waals surface area contributed by atoms with Crippen LogP contribution in [0, 0.1) is 0 Å². The highest BCUT2D eigenvalue weighted by Gasteiger charge is 2.23. The number of carboxylic acids is 1. The first-order chi connectivity index (χ1) is 10.9. The first-order valence-corrected chi connectivity index (χ1v) is 9.17. The molecule has 6 nitrogen and oxygen atoms in total. The number of sulfonamides is 1. The second-order valence-corrected chi connectivity index (χ2v) is 7.35. The van der Waals surface area contributed by atoms with E-state index in [9.17, 15) is 18.3 Å². The number of benzene rings is 1. The molecule has 1 aromatic rings. The molecule has 0 atom stereocenters. The van der Waals surface area contributed by atoms with Crippen molar-refractivity contribution in [2.75, 3.05) is 11.9 Å². The van der Waals surface area contributed by atoms with Gasteiger partial charge in [-0.15, -0.1) is 6.58 Å². The summed E-state index contributed by atoms with van der Waals surface area (Å²) in [4.78, 5) is 11.3. The molecule has 0 aliphatic heterocycles. The molecule has 0 spiro atoms. The van der Waals surface area contributed by atoms with E-state index in [1.807, 2.05) is 0 Å². The van der Waals surface area contributed by atoms with E-state index >= 15 is 0 Å². The fraction of sp³-hybridized carbons (Fsp3) is 0.438. The van der Waals surface area contributed by atoms with Crippen LogP contribution in [0.5, 0.6) is 0 Å². The van der Waals surface area contributed by atoms with Gasteiger partial charge in [-0.05, 0) is 31.0 Å². The number of anilines is 1. The molecular formula is C16H22N2O4S. The maximum atomic E-state index is 12.5. The Hall–Kier alpha value is -1.86. The Bertz CT molecular complexity index is 679. The number of hydrogen-bond acceptors (Lipinski definition) is 4. The molecule has 1 saturated carbocycles. The number of hydrogen-bond donors (Lipinski definition) is 3. The smallest absolute Gasteiger partial charge is 0.337 e. The van der Waals surface area contributed by atoms with Gasteiger partial charge >= 0.3 is 5.97 Å². The van der Waals surface area contributed by atoms with Crippen LogP contribution in [0.25, 0.3) is 0 Å². The van der Waals surface area contributed by atoms with Gasteiger partial charge in [-0.1, -0.05) is 25.3 Å². The van der Waals surface area contributed by atoms with E-state index in [0.29, 0.717) is 12.2 Å². The van der Waals surface area contributed by atoms with Crippen LogP contribution >= 0.6 is 0 Å². The summed E-state index contributed by atoms with van der Waals surface area (Å²) in [7, 11) is -3.71. The lowest BCUT2D eigenvalue weighted by Gasteiger charge is -2.22. The summed E-state index contributed by atoms with van der Waals surface area (Å²) in [6, 6.07) is 4.02. The van der Waals surface area contributed by atoms with Crippen molar-refractivity contribution in [1.29, 1.82) is 0 Å². The third-order valence-electron chi connectivity index (χ3n) is 3.90. The topological polar surface area (TPSA) is 95.5 Å². The van der Waals surface area contributed by atoms with Gasteiger partial charge in [0.25, 0.3) is 0 Å². The highest BCUT2D eigenvalue weighted by atomic mass is 32.2. The summed E-state index contributed by atoms with van der Waals surface area (Å²) in [5.74, 6) is -1.17. The maximum Gasteiger partial charge on any atom is 0.337 e. The van der Waals surface area contributed by atoms with E-state index in [1.54, 1.807) is 6.08 Å². The number of rotatable bonds is 7. The Morgan fingerprint density at radius 1 is 1.30 bits per heavy atom. The van der Waals surface area contributed by atoms with E-state index < -0.39 is 16.0 Å². The van der Waals surface area contributed by atoms with Gasteiger partial charge in [0, 0.05) is 18.3 Å². The molecule has 0 amide bonds. The Balaban J connectivity index is 2.25. The molecule has 0 unspecified atom stereocenters. The van der Waals surface area contributed by atoms with Crippen LogP contribution in [-0.2, 0) is 10.0 Å². The number of nitrogens with one attached hydrogen (secondary N) is 2. The number of aromatic carboxylic acids is 1. The Kier molecular flexibility index (Phi) is 5.79. The van der Waals surface area contributed by atoms with E-state index in [2.05, 4.69) is 16.6 Å². The van der Waals surface area contributed by atoms with Gasteiger partial charge in [-0.25, -0.2) is 17.9 Å². The highest BCUT2D eigenvalue weighted by Crippen LogP contribution is 2.23. The molecule has 126 valence electrons. The molecule has 0 bridgehead atoms. The van der Waals surface area contributed by atoms with E-state index in [-0.39, 0.29) is 16.5 Å². The van der Waals surface area contributed by atoms with Crippen molar-refractivity contribution in [3.63, 3.8) is 0 Å². The average Bonchev–Trinajstić information content (AvgIpc) is 2.53. The van der Waals surface area contributed by atoms with Crippen molar-refractivity contribution in [3.8, 4) is 0 Å². The summed E-state index contributed by atoms with van der Waals surface area (Å²) in [6.45, 7) is 3.95. The minimum atomic E-state index is -3.71. The lowest BCUT2D eigenvalue weighted by Crippen LogP contribution is -2.36. The molecule has 0 aromatic heterocycles. The van der Waals surface area contributed by atoms with Crippen molar-refractivity contribution in [3.05, 3.63) is 36.4 Å². The predicted molar refractivity (Wildman–Crippen MR) is 89.3 cm³/mol. The summed E-state index contributed by atoms with van der Waals surface area (Å²) in [5.41, 5.74) is 0.299. The van der Waals surface area contributed by atoms with Crippen LogP contribution in [0.4, 0.5) is 5.69 Å². The Morgan fingerprint density at radius 3 is 2.61 bits per heavy atom. The summed E-state index contributed by atoms with van der Waals surface area (Å²) in [5, 5.41) is 12.2. The molecule has 3 N–H and O–H groups in total. The predicted octanol–water partition coefficient (Wildman–Crippen LogP) is 2.59. The first kappa shape index (κ1) is 17.5. The SMILES string of the molecule is C=CCNc1ccc(S(=O)(=O)NC2CCCCC2)cc1C(=O)O. The standard InChI is InChI=1S/C16H22N2O4S/c1-2-10-17-15-9-8-13(11-14(15)16(19)20)23(21,22)18-12-6-4-3-5-7-12/h2,8-9,11-12,17-18H,1,3-7,10H2,(H,19,20). The lowest BCUT2D eigenvalue weighted by atomic mass is 9.96. The highest BCUT2D eigenvalue weighted by molar-refractivity contribution is 7.89. The van der Waals surface area contributed by atoms with Gasteiger partial charge < -0.3 is 10.4 Å². The zero-order chi connectivity index (χ0) is 16.9. The number of carbonyl (C=O) groups is 1. The Labute approximate surface area is 136 Å². The van der Waals surface area contributed by atoms with Crippen LogP contribution < -0.4 is 10.0 Å². The molecule has 7 heteroatoms. The minimum absolute atomic E-state index is 0.0235. The van der Waals surface area contributed by atoms with Crippen LogP contribution in [-0.4, -0.2) is 32.1 Å². The van der Waals surface area contributed by atoms with Crippen LogP contribution in [0.1, 0.15) is 42.5 Å². The van der Waals surface area contributed by atoms with Gasteiger partial charge in [0.15, 0.2) is 0 Å². The molecule has 1 aromatic carbocycles. The Morgan fingerprint density at radius 2 is 2.00 bits per heavy atom. The van der Waals surface area contributed by atoms with Gasteiger partial charge in [-0.3, -0.25) is 0 Å². The molecule has 0 heterocycles. The molecule has 1 aliphatic rings. The quantitative estimate of drug-likeness (QED) is 0.664. The molecular weight excluding hydrogens is 316 g/mol. The van der Waals surface area contributed by atoms with E-state index in [0.717, 1.165) is 32.1 Å². The minimum Gasteiger partial charge on any atom is -0.478 e. The van der Waals surface area contributed by atoms with Gasteiger partial charge in [0.1, 0.15) is 0 Å². The monoisotopic (exact) mass is 338 g/mol. The molecule has 2 rings (SSSR count). The van der Waals surface area contributed by atoms with Gasteiger partial charge in [0.2, 0.25) is 10.0 Å². The summed E-state index contributed by atoms with van der Waals surface area (Å²) in [6.07, 6.45) is 6.40. The molecule has 0 saturated heterocycles. The fourth-order valence-electron chi connectivity index (χ4n) is 2.71. The van der Waals surface area contributed by atoms with Crippen molar-refractivity contribution in [2.24, 2.45) is 0 Å². The first-order valence-electron chi connectivity index (χ1n) is 7.68. The molecule has 0 radical (unpaired) electrons. The fourth-order valence-corrected chi connectivity index (χ4v) is 4.04. The zero-order valence-corrected chi connectivity index (χ0v) is 13.7. The van der Waals surface area contributed by atoms with Gasteiger partial charge in [0.05, 0.1) is 10.5 Å². The van der Waals surface area contributed by atoms with Crippen LogP contribution in [0.3, 0.4) is 0 Å². The van der Waals surface area contributed by atoms with Crippen LogP contribution in [0.15, 0.2) is 35.7 Å². The van der Waals surface area contributed by atoms with Crippen molar-refractivity contribution >= 4 is 21.7 Å². The maximum absolute atomic E-state index is 12.5. The summed E-state index contributed by atoms with van der Waals surface area (Å²) >= 11 is 0. The van der Waals surface area contributed by atoms with Crippen molar-refractivity contribution in [2.45, 2.75) is 43.0 Å². The summed E-state index contributed by atoms with van der Waals surface area (Å²) < 4.78 is 27.6. The van der Waals surface area contributed by atoms with E-state index in [4.69, 9.17) is 0 Å². The second-order valence-electron chi connectivity index (χ2n) is 5.64. The molecule has 1 fully saturated rings. The third kappa shape index (κ3) is 4.56. The number of carboxylic acid groups (broad SMARTS) is 1. The van der Waals surface area contributed by atoms with Gasteiger partial charge in [-0.2, -0.15) is 0 Å². The largest absolute Gasteiger partial charge is 0.478 e. The normalized spacial score (nSPS) is 16.0. The average molecular weight is 338 g/mol. The zero-order valence-electron chi connectivity index (χ0n) is 12.9. The van der Waals surface area contributed by atoms with Crippen LogP contribution in [0.2, 0.25) is 0 Å². The second kappa shape index (κ2) is 7.61. The van der Waals surface area contributed by atoms with Crippen molar-refractivity contribution in [1.82, 2.24) is 4.72 Å². The van der Waals surface area contributed by atoms with Crippen molar-refractivity contribution < 1.29 is 18.3 Å². The van der Waals surface area contributed by atoms with E-state index in [1.165, 1.54) is 18.2 Å². The molecule has 23 heavy (non-hydrogen) atoms. The lowest BCUT2D eigenvalue weighted by molar-refractivity contribution is 0.0697. The molecule has 1 aliphatic carbocycles.